The Morgan fingerprint density at radius 2 is 2.05 bits per heavy atom. The molecule has 2 rings (SSSR count). The predicted molar refractivity (Wildman–Crippen MR) is 75.2 cm³/mol. The van der Waals surface area contributed by atoms with Gasteiger partial charge < -0.3 is 9.52 Å². The highest BCUT2D eigenvalue weighted by Gasteiger charge is 2.30. The van der Waals surface area contributed by atoms with Crippen molar-refractivity contribution < 1.29 is 22.7 Å². The van der Waals surface area contributed by atoms with Crippen LogP contribution in [0, 0.1) is 13.8 Å². The molecule has 0 aliphatic heterocycles. The average molecular weight is 331 g/mol. The number of carboxylic acid groups (broad SMARTS) is 1. The molecule has 2 heterocycles. The molecule has 0 aliphatic rings. The zero-order valence-electron chi connectivity index (χ0n) is 11.0. The second-order valence-electron chi connectivity index (χ2n) is 4.20. The topological polar surface area (TPSA) is 110 Å². The van der Waals surface area contributed by atoms with Gasteiger partial charge in [-0.1, -0.05) is 11.6 Å². The van der Waals surface area contributed by atoms with Crippen LogP contribution in [-0.2, 0) is 10.0 Å². The Balaban J connectivity index is 2.53. The van der Waals surface area contributed by atoms with E-state index in [4.69, 9.17) is 21.1 Å². The molecule has 9 heteroatoms. The summed E-state index contributed by atoms with van der Waals surface area (Å²) in [4.78, 5) is 14.6. The lowest BCUT2D eigenvalue weighted by atomic mass is 10.2. The molecule has 2 aromatic heterocycles. The van der Waals surface area contributed by atoms with Crippen molar-refractivity contribution in [1.29, 1.82) is 0 Å². The van der Waals surface area contributed by atoms with Gasteiger partial charge in [-0.25, -0.2) is 18.2 Å². The maximum absolute atomic E-state index is 12.4. The van der Waals surface area contributed by atoms with Crippen LogP contribution in [0.3, 0.4) is 0 Å². The van der Waals surface area contributed by atoms with Crippen LogP contribution in [0.25, 0.3) is 0 Å². The minimum atomic E-state index is -4.13. The second kappa shape index (κ2) is 5.38. The standard InChI is InChI=1S/C12H11ClN2O5S/c1-6-10(12(16)17)11(7(2)20-6)21(18,19)15-8-3-4-14-9(13)5-8/h3-5H,1-2H3,(H,14,15)(H,16,17). The normalized spacial score (nSPS) is 11.4. The third kappa shape index (κ3) is 3.01. The molecule has 0 aliphatic carbocycles. The first-order valence-electron chi connectivity index (χ1n) is 5.70. The van der Waals surface area contributed by atoms with Crippen molar-refractivity contribution in [2.45, 2.75) is 18.7 Å². The first kappa shape index (κ1) is 15.3. The number of hydrogen-bond acceptors (Lipinski definition) is 5. The number of furan rings is 1. The van der Waals surface area contributed by atoms with E-state index >= 15 is 0 Å². The largest absolute Gasteiger partial charge is 0.478 e. The summed E-state index contributed by atoms with van der Waals surface area (Å²) in [5, 5.41) is 9.26. The second-order valence-corrected chi connectivity index (χ2v) is 6.20. The number of nitrogens with zero attached hydrogens (tertiary/aromatic N) is 1. The number of anilines is 1. The molecule has 0 unspecified atom stereocenters. The van der Waals surface area contributed by atoms with E-state index in [2.05, 4.69) is 9.71 Å². The quantitative estimate of drug-likeness (QED) is 0.833. The summed E-state index contributed by atoms with van der Waals surface area (Å²) in [6.07, 6.45) is 1.33. The van der Waals surface area contributed by atoms with Crippen molar-refractivity contribution in [1.82, 2.24) is 4.98 Å². The number of carbonyl (C=O) groups is 1. The first-order chi connectivity index (χ1) is 9.72. The van der Waals surface area contributed by atoms with E-state index in [0.717, 1.165) is 0 Å². The first-order valence-corrected chi connectivity index (χ1v) is 7.56. The molecule has 0 fully saturated rings. The van der Waals surface area contributed by atoms with Gasteiger partial charge in [-0.15, -0.1) is 0 Å². The zero-order chi connectivity index (χ0) is 15.8. The number of rotatable bonds is 4. The van der Waals surface area contributed by atoms with Crippen molar-refractivity contribution in [2.75, 3.05) is 4.72 Å². The molecule has 0 radical (unpaired) electrons. The maximum atomic E-state index is 12.4. The zero-order valence-corrected chi connectivity index (χ0v) is 12.6. The fourth-order valence-electron chi connectivity index (χ4n) is 1.91. The fraction of sp³-hybridized carbons (Fsp3) is 0.167. The van der Waals surface area contributed by atoms with Crippen molar-refractivity contribution in [2.24, 2.45) is 0 Å². The average Bonchev–Trinajstić information content (AvgIpc) is 2.64. The molecule has 0 saturated heterocycles. The van der Waals surface area contributed by atoms with E-state index in [1.165, 1.54) is 32.2 Å². The van der Waals surface area contributed by atoms with Crippen LogP contribution < -0.4 is 4.72 Å². The number of carboxylic acids is 1. The number of nitrogens with one attached hydrogen (secondary N) is 1. The van der Waals surface area contributed by atoms with Crippen molar-refractivity contribution >= 4 is 33.3 Å². The van der Waals surface area contributed by atoms with Gasteiger partial charge in [-0.3, -0.25) is 4.72 Å². The Labute approximate surface area is 125 Å². The van der Waals surface area contributed by atoms with E-state index in [9.17, 15) is 13.2 Å². The van der Waals surface area contributed by atoms with E-state index in [0.29, 0.717) is 0 Å². The van der Waals surface area contributed by atoms with Gasteiger partial charge >= 0.3 is 5.97 Å². The molecule has 21 heavy (non-hydrogen) atoms. The van der Waals surface area contributed by atoms with E-state index in [1.807, 2.05) is 0 Å². The van der Waals surface area contributed by atoms with Gasteiger partial charge in [-0.2, -0.15) is 0 Å². The SMILES string of the molecule is Cc1oc(C)c(S(=O)(=O)Nc2ccnc(Cl)c2)c1C(=O)O. The van der Waals surface area contributed by atoms with E-state index in [1.54, 1.807) is 0 Å². The Morgan fingerprint density at radius 3 is 2.62 bits per heavy atom. The molecule has 112 valence electrons. The van der Waals surface area contributed by atoms with Crippen LogP contribution in [0.4, 0.5) is 5.69 Å². The molecule has 2 aromatic rings. The highest BCUT2D eigenvalue weighted by atomic mass is 35.5. The third-order valence-electron chi connectivity index (χ3n) is 2.67. The maximum Gasteiger partial charge on any atom is 0.340 e. The van der Waals surface area contributed by atoms with Gasteiger partial charge in [0.05, 0.1) is 5.69 Å². The Bertz CT molecular complexity index is 813. The fourth-order valence-corrected chi connectivity index (χ4v) is 3.54. The Morgan fingerprint density at radius 1 is 1.38 bits per heavy atom. The van der Waals surface area contributed by atoms with Gasteiger partial charge in [0.1, 0.15) is 27.1 Å². The van der Waals surface area contributed by atoms with Gasteiger partial charge in [0.15, 0.2) is 0 Å². The van der Waals surface area contributed by atoms with Crippen molar-refractivity contribution in [3.05, 3.63) is 40.6 Å². The summed E-state index contributed by atoms with van der Waals surface area (Å²) in [7, 11) is -4.13. The molecule has 2 N–H and O–H groups in total. The van der Waals surface area contributed by atoms with Crippen LogP contribution in [0.1, 0.15) is 21.9 Å². The van der Waals surface area contributed by atoms with Crippen LogP contribution in [-0.4, -0.2) is 24.5 Å². The number of pyridine rings is 1. The molecule has 0 amide bonds. The van der Waals surface area contributed by atoms with Gasteiger partial charge in [0.25, 0.3) is 10.0 Å². The monoisotopic (exact) mass is 330 g/mol. The molecule has 0 spiro atoms. The minimum absolute atomic E-state index is 0.00227. The molecule has 0 aromatic carbocycles. The van der Waals surface area contributed by atoms with Crippen LogP contribution in [0.2, 0.25) is 5.15 Å². The number of aromatic nitrogens is 1. The highest BCUT2D eigenvalue weighted by Crippen LogP contribution is 2.28. The Hall–Kier alpha value is -2.06. The van der Waals surface area contributed by atoms with Crippen LogP contribution >= 0.6 is 11.6 Å². The lowest BCUT2D eigenvalue weighted by molar-refractivity contribution is 0.0691. The van der Waals surface area contributed by atoms with Crippen molar-refractivity contribution in [3.8, 4) is 0 Å². The van der Waals surface area contributed by atoms with Crippen LogP contribution in [0.15, 0.2) is 27.6 Å². The third-order valence-corrected chi connectivity index (χ3v) is 4.41. The highest BCUT2D eigenvalue weighted by molar-refractivity contribution is 7.92. The summed E-state index contributed by atoms with van der Waals surface area (Å²) in [5.41, 5.74) is -0.218. The van der Waals surface area contributed by atoms with Gasteiger partial charge in [0, 0.05) is 6.20 Å². The minimum Gasteiger partial charge on any atom is -0.478 e. The Kier molecular flexibility index (Phi) is 3.93. The molecule has 0 atom stereocenters. The summed E-state index contributed by atoms with van der Waals surface area (Å²) in [5.74, 6) is -1.36. The number of halogens is 1. The smallest absolute Gasteiger partial charge is 0.340 e. The molecule has 0 saturated carbocycles. The number of hydrogen-bond donors (Lipinski definition) is 2. The van der Waals surface area contributed by atoms with E-state index in [-0.39, 0.29) is 27.9 Å². The lowest BCUT2D eigenvalue weighted by Crippen LogP contribution is -2.17. The van der Waals surface area contributed by atoms with Crippen LogP contribution in [0.5, 0.6) is 0 Å². The predicted octanol–water partition coefficient (Wildman–Crippen LogP) is 2.44. The van der Waals surface area contributed by atoms with Gasteiger partial charge in [-0.05, 0) is 26.0 Å². The molecular weight excluding hydrogens is 320 g/mol. The molecule has 0 bridgehead atoms. The lowest BCUT2D eigenvalue weighted by Gasteiger charge is -2.08. The van der Waals surface area contributed by atoms with E-state index < -0.39 is 20.9 Å². The summed E-state index contributed by atoms with van der Waals surface area (Å²) < 4.78 is 32.1. The summed E-state index contributed by atoms with van der Waals surface area (Å²) in [6, 6.07) is 2.70. The number of sulfonamides is 1. The molecular formula is C12H11ClN2O5S. The summed E-state index contributed by atoms with van der Waals surface area (Å²) in [6.45, 7) is 2.77. The number of aryl methyl sites for hydroxylation is 2. The summed E-state index contributed by atoms with van der Waals surface area (Å²) >= 11 is 5.68. The number of aromatic carboxylic acids is 1. The van der Waals surface area contributed by atoms with Gasteiger partial charge in [0.2, 0.25) is 0 Å². The van der Waals surface area contributed by atoms with Crippen molar-refractivity contribution in [3.63, 3.8) is 0 Å². The molecule has 7 nitrogen and oxygen atoms in total.